The zero-order chi connectivity index (χ0) is 29.3. The Labute approximate surface area is 237 Å². The van der Waals surface area contributed by atoms with Crippen molar-refractivity contribution in [2.75, 3.05) is 7.11 Å². The van der Waals surface area contributed by atoms with Gasteiger partial charge in [-0.1, -0.05) is 72.8 Å². The van der Waals surface area contributed by atoms with E-state index in [4.69, 9.17) is 14.2 Å². The second-order valence-corrected chi connectivity index (χ2v) is 12.7. The molecule has 0 aromatic heterocycles. The highest BCUT2D eigenvalue weighted by Gasteiger charge is 2.68. The summed E-state index contributed by atoms with van der Waals surface area (Å²) in [4.78, 5) is 43.1. The Kier molecular flexibility index (Phi) is 8.27. The highest BCUT2D eigenvalue weighted by molar-refractivity contribution is 5.88. The molecule has 0 radical (unpaired) electrons. The van der Waals surface area contributed by atoms with Crippen LogP contribution in [0.4, 0.5) is 0 Å². The Hall–Kier alpha value is -3.45. The van der Waals surface area contributed by atoms with E-state index < -0.39 is 46.6 Å². The quantitative estimate of drug-likeness (QED) is 0.337. The van der Waals surface area contributed by atoms with E-state index >= 15 is 0 Å². The first kappa shape index (κ1) is 29.5. The summed E-state index contributed by atoms with van der Waals surface area (Å²) in [7, 11) is 1.35. The fourth-order valence-corrected chi connectivity index (χ4v) is 6.07. The molecule has 0 spiro atoms. The summed E-state index contributed by atoms with van der Waals surface area (Å²) >= 11 is 0. The number of fused-ring (bicyclic) bond motifs is 1. The summed E-state index contributed by atoms with van der Waals surface area (Å²) in [5, 5.41) is 0. The van der Waals surface area contributed by atoms with Gasteiger partial charge in [-0.05, 0) is 65.5 Å². The largest absolute Gasteiger partial charge is 0.468 e. The van der Waals surface area contributed by atoms with Gasteiger partial charge in [-0.25, -0.2) is 0 Å². The van der Waals surface area contributed by atoms with Crippen LogP contribution in [0, 0.1) is 11.8 Å². The third kappa shape index (κ3) is 6.15. The van der Waals surface area contributed by atoms with Crippen LogP contribution < -0.4 is 0 Å². The molecular weight excluding hydrogens is 506 g/mol. The molecule has 2 aliphatic rings. The molecule has 40 heavy (non-hydrogen) atoms. The maximum atomic E-state index is 13.7. The SMILES string of the molecule is COC(=O)[C@]12C[C@@H](C(=O)OC(C)(C)C)[C@@H](/C=C/c3ccccc3)N1[C@H](c1ccccc1)[C@H](C(=O)OC(C)(C)C)C2. The van der Waals surface area contributed by atoms with Gasteiger partial charge in [-0.3, -0.25) is 19.3 Å². The van der Waals surface area contributed by atoms with Crippen LogP contribution >= 0.6 is 0 Å². The average Bonchev–Trinajstić information content (AvgIpc) is 3.39. The molecule has 2 aliphatic heterocycles. The van der Waals surface area contributed by atoms with E-state index in [1.54, 1.807) is 0 Å². The molecule has 2 aromatic carbocycles. The third-order valence-electron chi connectivity index (χ3n) is 7.43. The molecule has 0 bridgehead atoms. The fourth-order valence-electron chi connectivity index (χ4n) is 6.07. The highest BCUT2D eigenvalue weighted by atomic mass is 16.6. The lowest BCUT2D eigenvalue weighted by molar-refractivity contribution is -0.161. The molecule has 0 N–H and O–H groups in total. The number of carbonyl (C=O) groups excluding carboxylic acids is 3. The number of hydrogen-bond acceptors (Lipinski definition) is 7. The lowest BCUT2D eigenvalue weighted by atomic mass is 9.83. The first-order valence-corrected chi connectivity index (χ1v) is 13.9. The maximum absolute atomic E-state index is 13.7. The summed E-state index contributed by atoms with van der Waals surface area (Å²) in [6, 6.07) is 18.4. The summed E-state index contributed by atoms with van der Waals surface area (Å²) in [6.45, 7) is 11.0. The average molecular weight is 548 g/mol. The van der Waals surface area contributed by atoms with Crippen molar-refractivity contribution in [3.63, 3.8) is 0 Å². The number of carbonyl (C=O) groups is 3. The summed E-state index contributed by atoms with van der Waals surface area (Å²) in [6.07, 6.45) is 4.25. The monoisotopic (exact) mass is 547 g/mol. The van der Waals surface area contributed by atoms with Crippen LogP contribution in [0.2, 0.25) is 0 Å². The minimum Gasteiger partial charge on any atom is -0.468 e. The zero-order valence-electron chi connectivity index (χ0n) is 24.5. The van der Waals surface area contributed by atoms with Crippen LogP contribution in [-0.2, 0) is 28.6 Å². The summed E-state index contributed by atoms with van der Waals surface area (Å²) in [5.41, 5.74) is -0.791. The standard InChI is InChI=1S/C33H41NO6/c1-31(2,3)39-28(35)24-20-33(30(37)38-7)21-25(29(36)40-32(4,5)6)27(23-16-12-9-13-17-23)34(33)26(24)19-18-22-14-10-8-11-15-22/h8-19,24-27H,20-21H2,1-7H3/b19-18+/t24-,25-,26-,27-,33-/m1/s1. The number of hydrogen-bond donors (Lipinski definition) is 0. The molecule has 2 fully saturated rings. The van der Waals surface area contributed by atoms with Crippen molar-refractivity contribution in [1.29, 1.82) is 0 Å². The van der Waals surface area contributed by atoms with E-state index in [9.17, 15) is 14.4 Å². The van der Waals surface area contributed by atoms with E-state index in [1.807, 2.05) is 119 Å². The molecule has 4 rings (SSSR count). The van der Waals surface area contributed by atoms with Crippen LogP contribution in [0.15, 0.2) is 66.7 Å². The van der Waals surface area contributed by atoms with Crippen LogP contribution in [0.5, 0.6) is 0 Å². The molecule has 0 unspecified atom stereocenters. The van der Waals surface area contributed by atoms with E-state index in [-0.39, 0.29) is 24.8 Å². The van der Waals surface area contributed by atoms with Crippen molar-refractivity contribution >= 4 is 24.0 Å². The van der Waals surface area contributed by atoms with Gasteiger partial charge in [0.25, 0.3) is 0 Å². The number of methoxy groups -OCH3 is 1. The molecule has 7 nitrogen and oxygen atoms in total. The number of esters is 3. The normalized spacial score (nSPS) is 26.9. The molecule has 5 atom stereocenters. The molecule has 7 heteroatoms. The van der Waals surface area contributed by atoms with Gasteiger partial charge in [0.15, 0.2) is 0 Å². The number of ether oxygens (including phenoxy) is 3. The Bertz CT molecular complexity index is 1240. The molecular formula is C33H41NO6. The number of nitrogens with zero attached hydrogens (tertiary/aromatic N) is 1. The highest BCUT2D eigenvalue weighted by Crippen LogP contribution is 2.57. The lowest BCUT2D eigenvalue weighted by Gasteiger charge is -2.36. The molecule has 0 aliphatic carbocycles. The van der Waals surface area contributed by atoms with Gasteiger partial charge in [0, 0.05) is 12.1 Å². The van der Waals surface area contributed by atoms with E-state index in [2.05, 4.69) is 0 Å². The maximum Gasteiger partial charge on any atom is 0.326 e. The lowest BCUT2D eigenvalue weighted by Crippen LogP contribution is -2.49. The first-order chi connectivity index (χ1) is 18.8. The van der Waals surface area contributed by atoms with Gasteiger partial charge in [0.2, 0.25) is 0 Å². The minimum atomic E-state index is -1.22. The van der Waals surface area contributed by atoms with Crippen molar-refractivity contribution in [2.24, 2.45) is 11.8 Å². The van der Waals surface area contributed by atoms with Crippen LogP contribution in [0.3, 0.4) is 0 Å². The minimum absolute atomic E-state index is 0.168. The zero-order valence-corrected chi connectivity index (χ0v) is 24.5. The van der Waals surface area contributed by atoms with Gasteiger partial charge in [0.05, 0.1) is 18.9 Å². The molecule has 214 valence electrons. The topological polar surface area (TPSA) is 82.1 Å². The Balaban J connectivity index is 1.89. The number of rotatable bonds is 6. The van der Waals surface area contributed by atoms with E-state index in [1.165, 1.54) is 7.11 Å². The molecule has 2 saturated heterocycles. The second kappa shape index (κ2) is 11.2. The molecule has 0 saturated carbocycles. The fraction of sp³-hybridized carbons (Fsp3) is 0.485. The smallest absolute Gasteiger partial charge is 0.326 e. The molecule has 2 heterocycles. The predicted octanol–water partition coefficient (Wildman–Crippen LogP) is 5.75. The Morgan fingerprint density at radius 2 is 1.30 bits per heavy atom. The van der Waals surface area contributed by atoms with E-state index in [0.29, 0.717) is 0 Å². The second-order valence-electron chi connectivity index (χ2n) is 12.7. The summed E-state index contributed by atoms with van der Waals surface area (Å²) < 4.78 is 17.1. The van der Waals surface area contributed by atoms with Gasteiger partial charge >= 0.3 is 17.9 Å². The van der Waals surface area contributed by atoms with Crippen molar-refractivity contribution in [1.82, 2.24) is 4.90 Å². The van der Waals surface area contributed by atoms with Crippen LogP contribution in [0.25, 0.3) is 6.08 Å². The van der Waals surface area contributed by atoms with Crippen LogP contribution in [-0.4, -0.2) is 52.7 Å². The third-order valence-corrected chi connectivity index (χ3v) is 7.43. The Morgan fingerprint density at radius 1 is 0.800 bits per heavy atom. The van der Waals surface area contributed by atoms with Crippen LogP contribution in [0.1, 0.15) is 71.6 Å². The van der Waals surface area contributed by atoms with E-state index in [0.717, 1.165) is 11.1 Å². The van der Waals surface area contributed by atoms with Crippen molar-refractivity contribution < 1.29 is 28.6 Å². The number of benzene rings is 2. The van der Waals surface area contributed by atoms with Crippen molar-refractivity contribution in [2.45, 2.75) is 83.2 Å². The van der Waals surface area contributed by atoms with Gasteiger partial charge < -0.3 is 14.2 Å². The van der Waals surface area contributed by atoms with Crippen molar-refractivity contribution in [3.05, 3.63) is 77.9 Å². The Morgan fingerprint density at radius 3 is 1.82 bits per heavy atom. The predicted molar refractivity (Wildman–Crippen MR) is 153 cm³/mol. The van der Waals surface area contributed by atoms with Gasteiger partial charge in [0.1, 0.15) is 16.7 Å². The van der Waals surface area contributed by atoms with Gasteiger partial charge in [-0.2, -0.15) is 0 Å². The first-order valence-electron chi connectivity index (χ1n) is 13.9. The molecule has 2 aromatic rings. The summed E-state index contributed by atoms with van der Waals surface area (Å²) in [5.74, 6) is -2.52. The molecule has 0 amide bonds. The van der Waals surface area contributed by atoms with Gasteiger partial charge in [-0.15, -0.1) is 0 Å². The van der Waals surface area contributed by atoms with Crippen molar-refractivity contribution in [3.8, 4) is 0 Å².